The lowest BCUT2D eigenvalue weighted by Gasteiger charge is -2.10. The summed E-state index contributed by atoms with van der Waals surface area (Å²) in [6, 6.07) is 8.99. The molecule has 1 N–H and O–H groups in total. The number of halogens is 1. The van der Waals surface area contributed by atoms with E-state index in [0.717, 1.165) is 5.56 Å². The van der Waals surface area contributed by atoms with Gasteiger partial charge in [0.15, 0.2) is 0 Å². The van der Waals surface area contributed by atoms with Crippen LogP contribution >= 0.6 is 11.6 Å². The molecule has 4 heteroatoms. The molecule has 0 aliphatic heterocycles. The Hall–Kier alpha value is -1.32. The van der Waals surface area contributed by atoms with Crippen molar-refractivity contribution in [2.45, 2.75) is 12.6 Å². The second-order valence-electron chi connectivity index (χ2n) is 3.30. The summed E-state index contributed by atoms with van der Waals surface area (Å²) in [5.74, 6) is 0. The van der Waals surface area contributed by atoms with Crippen molar-refractivity contribution in [3.8, 4) is 0 Å². The summed E-state index contributed by atoms with van der Waals surface area (Å²) >= 11 is 5.76. The summed E-state index contributed by atoms with van der Waals surface area (Å²) in [6.45, 7) is 0.453. The van der Waals surface area contributed by atoms with Gasteiger partial charge in [-0.1, -0.05) is 23.7 Å². The number of aliphatic hydroxyl groups excluding tert-OH is 1. The predicted octanol–water partition coefficient (Wildman–Crippen LogP) is 2.27. The van der Waals surface area contributed by atoms with E-state index < -0.39 is 6.10 Å². The van der Waals surface area contributed by atoms with Crippen molar-refractivity contribution in [1.82, 2.24) is 9.78 Å². The molecule has 1 heterocycles. The molecule has 0 saturated carbocycles. The summed E-state index contributed by atoms with van der Waals surface area (Å²) in [7, 11) is 0. The fourth-order valence-corrected chi connectivity index (χ4v) is 1.50. The number of nitrogens with zero attached hydrogens (tertiary/aromatic N) is 2. The Bertz CT molecular complexity index is 411. The van der Waals surface area contributed by atoms with Gasteiger partial charge in [-0.3, -0.25) is 4.68 Å². The van der Waals surface area contributed by atoms with Gasteiger partial charge in [-0.15, -0.1) is 0 Å². The maximum atomic E-state index is 9.88. The minimum Gasteiger partial charge on any atom is -0.386 e. The van der Waals surface area contributed by atoms with Gasteiger partial charge in [-0.05, 0) is 23.8 Å². The number of hydrogen-bond donors (Lipinski definition) is 1. The molecule has 1 aromatic carbocycles. The van der Waals surface area contributed by atoms with Crippen LogP contribution in [0.5, 0.6) is 0 Å². The Kier molecular flexibility index (Phi) is 3.04. The average molecular weight is 223 g/mol. The zero-order chi connectivity index (χ0) is 10.7. The smallest absolute Gasteiger partial charge is 0.0985 e. The van der Waals surface area contributed by atoms with Crippen molar-refractivity contribution in [2.24, 2.45) is 0 Å². The lowest BCUT2D eigenvalue weighted by Crippen LogP contribution is -2.08. The molecule has 1 unspecified atom stereocenters. The maximum absolute atomic E-state index is 9.88. The van der Waals surface area contributed by atoms with Crippen LogP contribution in [0.25, 0.3) is 0 Å². The first-order chi connectivity index (χ1) is 7.25. The lowest BCUT2D eigenvalue weighted by molar-refractivity contribution is 0.151. The molecule has 3 nitrogen and oxygen atoms in total. The van der Waals surface area contributed by atoms with Gasteiger partial charge in [0.1, 0.15) is 0 Å². The van der Waals surface area contributed by atoms with Crippen molar-refractivity contribution in [2.75, 3.05) is 0 Å². The van der Waals surface area contributed by atoms with E-state index in [-0.39, 0.29) is 0 Å². The fourth-order valence-electron chi connectivity index (χ4n) is 1.38. The van der Waals surface area contributed by atoms with Gasteiger partial charge in [0.05, 0.1) is 12.6 Å². The van der Waals surface area contributed by atoms with E-state index in [9.17, 15) is 5.11 Å². The Morgan fingerprint density at radius 1 is 1.33 bits per heavy atom. The largest absolute Gasteiger partial charge is 0.386 e. The summed E-state index contributed by atoms with van der Waals surface area (Å²) in [5, 5.41) is 14.6. The third kappa shape index (κ3) is 2.58. The molecule has 0 fully saturated rings. The first-order valence-corrected chi connectivity index (χ1v) is 5.04. The normalized spacial score (nSPS) is 12.7. The molecule has 0 aliphatic rings. The topological polar surface area (TPSA) is 38.0 Å². The van der Waals surface area contributed by atoms with Crippen LogP contribution < -0.4 is 0 Å². The molecular weight excluding hydrogens is 212 g/mol. The summed E-state index contributed by atoms with van der Waals surface area (Å²) in [5.41, 5.74) is 0.843. The van der Waals surface area contributed by atoms with Gasteiger partial charge < -0.3 is 5.11 Å². The Morgan fingerprint density at radius 2 is 2.07 bits per heavy atom. The second kappa shape index (κ2) is 4.47. The molecule has 1 aromatic heterocycles. The van der Waals surface area contributed by atoms with Crippen LogP contribution in [0.4, 0.5) is 0 Å². The molecule has 0 amide bonds. The highest BCUT2D eigenvalue weighted by molar-refractivity contribution is 6.30. The van der Waals surface area contributed by atoms with Crippen molar-refractivity contribution >= 4 is 11.6 Å². The fraction of sp³-hybridized carbons (Fsp3) is 0.182. The van der Waals surface area contributed by atoms with E-state index in [1.165, 1.54) is 0 Å². The van der Waals surface area contributed by atoms with Crippen LogP contribution in [0, 0.1) is 0 Å². The molecule has 78 valence electrons. The second-order valence-corrected chi connectivity index (χ2v) is 3.73. The predicted molar refractivity (Wildman–Crippen MR) is 58.6 cm³/mol. The van der Waals surface area contributed by atoms with Gasteiger partial charge in [0, 0.05) is 17.4 Å². The molecule has 1 atom stereocenters. The molecule has 2 rings (SSSR count). The summed E-state index contributed by atoms with van der Waals surface area (Å²) in [6.07, 6.45) is 2.95. The highest BCUT2D eigenvalue weighted by Crippen LogP contribution is 2.17. The zero-order valence-electron chi connectivity index (χ0n) is 8.05. The molecule has 0 bridgehead atoms. The molecule has 2 aromatic rings. The summed E-state index contributed by atoms with van der Waals surface area (Å²) in [4.78, 5) is 0. The molecule has 15 heavy (non-hydrogen) atoms. The third-order valence-electron chi connectivity index (χ3n) is 2.17. The Morgan fingerprint density at radius 3 is 2.67 bits per heavy atom. The minimum atomic E-state index is -0.554. The minimum absolute atomic E-state index is 0.453. The highest BCUT2D eigenvalue weighted by atomic mass is 35.5. The summed E-state index contributed by atoms with van der Waals surface area (Å²) < 4.78 is 1.69. The van der Waals surface area contributed by atoms with Crippen LogP contribution in [0.1, 0.15) is 11.7 Å². The van der Waals surface area contributed by atoms with E-state index in [0.29, 0.717) is 11.6 Å². The molecular formula is C11H11ClN2O. The van der Waals surface area contributed by atoms with Crippen molar-refractivity contribution in [3.05, 3.63) is 53.3 Å². The molecule has 0 saturated heterocycles. The quantitative estimate of drug-likeness (QED) is 0.865. The van der Waals surface area contributed by atoms with E-state index in [4.69, 9.17) is 11.6 Å². The standard InChI is InChI=1S/C11H11ClN2O/c12-10-4-2-9(3-5-10)11(15)8-14-7-1-6-13-14/h1-7,11,15H,8H2. The van der Waals surface area contributed by atoms with Crippen LogP contribution in [0.15, 0.2) is 42.7 Å². The van der Waals surface area contributed by atoms with Gasteiger partial charge in [0.25, 0.3) is 0 Å². The van der Waals surface area contributed by atoms with Gasteiger partial charge in [-0.25, -0.2) is 0 Å². The first-order valence-electron chi connectivity index (χ1n) is 4.66. The molecule has 0 aliphatic carbocycles. The van der Waals surface area contributed by atoms with E-state index in [1.807, 2.05) is 24.4 Å². The van der Waals surface area contributed by atoms with Gasteiger partial charge >= 0.3 is 0 Å². The molecule has 0 spiro atoms. The van der Waals surface area contributed by atoms with E-state index in [1.54, 1.807) is 23.0 Å². The average Bonchev–Trinajstić information content (AvgIpc) is 2.71. The number of rotatable bonds is 3. The highest BCUT2D eigenvalue weighted by Gasteiger charge is 2.07. The van der Waals surface area contributed by atoms with Crippen molar-refractivity contribution in [1.29, 1.82) is 0 Å². The van der Waals surface area contributed by atoms with Crippen LogP contribution in [-0.2, 0) is 6.54 Å². The molecule has 0 radical (unpaired) electrons. The van der Waals surface area contributed by atoms with Crippen LogP contribution in [0.3, 0.4) is 0 Å². The maximum Gasteiger partial charge on any atom is 0.0985 e. The SMILES string of the molecule is OC(Cn1cccn1)c1ccc(Cl)cc1. The zero-order valence-corrected chi connectivity index (χ0v) is 8.80. The number of aromatic nitrogens is 2. The van der Waals surface area contributed by atoms with Crippen molar-refractivity contribution in [3.63, 3.8) is 0 Å². The van der Waals surface area contributed by atoms with E-state index >= 15 is 0 Å². The first kappa shape index (κ1) is 10.2. The number of aliphatic hydroxyl groups is 1. The van der Waals surface area contributed by atoms with Crippen LogP contribution in [0.2, 0.25) is 5.02 Å². The monoisotopic (exact) mass is 222 g/mol. The van der Waals surface area contributed by atoms with Crippen molar-refractivity contribution < 1.29 is 5.11 Å². The van der Waals surface area contributed by atoms with Gasteiger partial charge in [0.2, 0.25) is 0 Å². The number of benzene rings is 1. The lowest BCUT2D eigenvalue weighted by atomic mass is 10.1. The van der Waals surface area contributed by atoms with Crippen LogP contribution in [-0.4, -0.2) is 14.9 Å². The third-order valence-corrected chi connectivity index (χ3v) is 2.43. The van der Waals surface area contributed by atoms with E-state index in [2.05, 4.69) is 5.10 Å². The van der Waals surface area contributed by atoms with Gasteiger partial charge in [-0.2, -0.15) is 5.10 Å². The Labute approximate surface area is 92.9 Å². The number of hydrogen-bond acceptors (Lipinski definition) is 2. The Balaban J connectivity index is 2.08.